The van der Waals surface area contributed by atoms with Crippen molar-refractivity contribution in [2.24, 2.45) is 5.92 Å². The number of hydrogen-bond donors (Lipinski definition) is 0. The fourth-order valence-corrected chi connectivity index (χ4v) is 3.90. The molecule has 1 atom stereocenters. The minimum atomic E-state index is 0.00891. The molecule has 1 fully saturated rings. The van der Waals surface area contributed by atoms with Crippen LogP contribution >= 0.6 is 22.9 Å². The molecular weight excluding hydrogens is 320 g/mol. The third-order valence-electron chi connectivity index (χ3n) is 3.80. The van der Waals surface area contributed by atoms with Crippen LogP contribution in [0.25, 0.3) is 0 Å². The van der Waals surface area contributed by atoms with Crippen LogP contribution in [0.5, 0.6) is 0 Å². The van der Waals surface area contributed by atoms with Gasteiger partial charge in [-0.05, 0) is 30.9 Å². The normalized spacial score (nSPS) is 18.4. The van der Waals surface area contributed by atoms with E-state index in [0.29, 0.717) is 15.1 Å². The summed E-state index contributed by atoms with van der Waals surface area (Å²) in [5.41, 5.74) is 0. The Morgan fingerprint density at radius 1 is 1.50 bits per heavy atom. The largest absolute Gasteiger partial charge is 0.328 e. The van der Waals surface area contributed by atoms with Gasteiger partial charge in [0.15, 0.2) is 5.82 Å². The zero-order chi connectivity index (χ0) is 15.7. The van der Waals surface area contributed by atoms with Gasteiger partial charge in [-0.25, -0.2) is 0 Å². The molecule has 0 aliphatic carbocycles. The van der Waals surface area contributed by atoms with Gasteiger partial charge in [0.1, 0.15) is 6.33 Å². The number of carbonyl (C=O) groups is 1. The van der Waals surface area contributed by atoms with Gasteiger partial charge in [-0.15, -0.1) is 21.5 Å². The minimum Gasteiger partial charge on any atom is -0.328 e. The lowest BCUT2D eigenvalue weighted by Crippen LogP contribution is -2.31. The molecule has 118 valence electrons. The lowest BCUT2D eigenvalue weighted by Gasteiger charge is -2.24. The first-order valence-electron chi connectivity index (χ1n) is 7.50. The molecule has 1 amide bonds. The van der Waals surface area contributed by atoms with Crippen molar-refractivity contribution in [3.8, 4) is 0 Å². The Hall–Kier alpha value is -1.40. The zero-order valence-corrected chi connectivity index (χ0v) is 14.3. The van der Waals surface area contributed by atoms with Gasteiger partial charge in [0.2, 0.25) is 0 Å². The standard InChI is InChI=1S/C15H19ClN4OS/c1-10(2)8-19-9-17-18-14(19)11-4-3-7-20(11)15(21)12-5-6-13(16)22-12/h5-6,9-11H,3-4,7-8H2,1-2H3. The van der Waals surface area contributed by atoms with Crippen molar-refractivity contribution in [2.75, 3.05) is 6.54 Å². The predicted octanol–water partition coefficient (Wildman–Crippen LogP) is 3.63. The molecular formula is C15H19ClN4OS. The zero-order valence-electron chi connectivity index (χ0n) is 12.7. The second-order valence-corrected chi connectivity index (χ2v) is 7.71. The number of likely N-dealkylation sites (tertiary alicyclic amines) is 1. The van der Waals surface area contributed by atoms with E-state index in [1.54, 1.807) is 18.5 Å². The number of thiophene rings is 1. The van der Waals surface area contributed by atoms with E-state index in [1.807, 2.05) is 4.90 Å². The van der Waals surface area contributed by atoms with E-state index in [0.717, 1.165) is 31.8 Å². The van der Waals surface area contributed by atoms with Gasteiger partial charge in [-0.2, -0.15) is 0 Å². The number of aromatic nitrogens is 3. The summed E-state index contributed by atoms with van der Waals surface area (Å²) in [7, 11) is 0. The Bertz CT molecular complexity index is 666. The van der Waals surface area contributed by atoms with Crippen molar-refractivity contribution in [3.05, 3.63) is 33.5 Å². The molecule has 3 rings (SSSR count). The van der Waals surface area contributed by atoms with Crippen molar-refractivity contribution in [1.82, 2.24) is 19.7 Å². The fraction of sp³-hybridized carbons (Fsp3) is 0.533. The molecule has 7 heteroatoms. The molecule has 0 N–H and O–H groups in total. The van der Waals surface area contributed by atoms with Crippen LogP contribution in [-0.4, -0.2) is 32.1 Å². The summed E-state index contributed by atoms with van der Waals surface area (Å²) in [5, 5.41) is 8.33. The average Bonchev–Trinajstić information content (AvgIpc) is 3.16. The highest BCUT2D eigenvalue weighted by Crippen LogP contribution is 2.34. The SMILES string of the molecule is CC(C)Cn1cnnc1C1CCCN1C(=O)c1ccc(Cl)s1. The molecule has 1 saturated heterocycles. The van der Waals surface area contributed by atoms with E-state index >= 15 is 0 Å². The highest BCUT2D eigenvalue weighted by molar-refractivity contribution is 7.17. The summed E-state index contributed by atoms with van der Waals surface area (Å²) < 4.78 is 2.71. The smallest absolute Gasteiger partial charge is 0.264 e. The molecule has 2 aromatic heterocycles. The van der Waals surface area contributed by atoms with E-state index in [1.165, 1.54) is 11.3 Å². The highest BCUT2D eigenvalue weighted by atomic mass is 35.5. The lowest BCUT2D eigenvalue weighted by molar-refractivity contribution is 0.0732. The Morgan fingerprint density at radius 3 is 3.00 bits per heavy atom. The summed E-state index contributed by atoms with van der Waals surface area (Å²) in [6.07, 6.45) is 3.68. The summed E-state index contributed by atoms with van der Waals surface area (Å²) >= 11 is 7.28. The van der Waals surface area contributed by atoms with E-state index in [4.69, 9.17) is 11.6 Å². The second kappa shape index (κ2) is 6.38. The third-order valence-corrected chi connectivity index (χ3v) is 5.02. The summed E-state index contributed by atoms with van der Waals surface area (Å²) in [6, 6.07) is 3.57. The number of rotatable bonds is 4. The first-order chi connectivity index (χ1) is 10.6. The number of hydrogen-bond acceptors (Lipinski definition) is 4. The molecule has 0 saturated carbocycles. The van der Waals surface area contributed by atoms with E-state index in [9.17, 15) is 4.79 Å². The van der Waals surface area contributed by atoms with Gasteiger partial charge in [0.05, 0.1) is 15.3 Å². The maximum Gasteiger partial charge on any atom is 0.264 e. The Labute approximate surface area is 138 Å². The fourth-order valence-electron chi connectivity index (χ4n) is 2.91. The molecule has 5 nitrogen and oxygen atoms in total. The van der Waals surface area contributed by atoms with Gasteiger partial charge in [-0.3, -0.25) is 4.79 Å². The van der Waals surface area contributed by atoms with Crippen LogP contribution in [-0.2, 0) is 6.54 Å². The number of carbonyl (C=O) groups excluding carboxylic acids is 1. The number of amides is 1. The van der Waals surface area contributed by atoms with Crippen molar-refractivity contribution >= 4 is 28.8 Å². The van der Waals surface area contributed by atoms with Crippen LogP contribution in [0, 0.1) is 5.92 Å². The van der Waals surface area contributed by atoms with Gasteiger partial charge in [0.25, 0.3) is 5.91 Å². The Balaban J connectivity index is 1.84. The van der Waals surface area contributed by atoms with Crippen LogP contribution < -0.4 is 0 Å². The predicted molar refractivity (Wildman–Crippen MR) is 87.2 cm³/mol. The van der Waals surface area contributed by atoms with Gasteiger partial charge in [0, 0.05) is 13.1 Å². The van der Waals surface area contributed by atoms with Crippen molar-refractivity contribution in [1.29, 1.82) is 0 Å². The second-order valence-electron chi connectivity index (χ2n) is 6.00. The van der Waals surface area contributed by atoms with Crippen molar-refractivity contribution in [2.45, 2.75) is 39.3 Å². The highest BCUT2D eigenvalue weighted by Gasteiger charge is 2.34. The molecule has 0 spiro atoms. The van der Waals surface area contributed by atoms with E-state index in [2.05, 4.69) is 28.6 Å². The number of nitrogens with zero attached hydrogens (tertiary/aromatic N) is 4. The van der Waals surface area contributed by atoms with Crippen LogP contribution in [0.1, 0.15) is 48.2 Å². The quantitative estimate of drug-likeness (QED) is 0.855. The van der Waals surface area contributed by atoms with Crippen molar-refractivity contribution in [3.63, 3.8) is 0 Å². The molecule has 2 aromatic rings. The van der Waals surface area contributed by atoms with Crippen LogP contribution in [0.2, 0.25) is 4.34 Å². The Morgan fingerprint density at radius 2 is 2.32 bits per heavy atom. The molecule has 0 radical (unpaired) electrons. The number of halogens is 1. The summed E-state index contributed by atoms with van der Waals surface area (Å²) in [5.74, 6) is 1.44. The molecule has 1 unspecified atom stereocenters. The first kappa shape index (κ1) is 15.5. The van der Waals surface area contributed by atoms with E-state index < -0.39 is 0 Å². The molecule has 0 aromatic carbocycles. The maximum absolute atomic E-state index is 12.7. The summed E-state index contributed by atoms with van der Waals surface area (Å²) in [4.78, 5) is 15.3. The minimum absolute atomic E-state index is 0.00891. The van der Waals surface area contributed by atoms with E-state index in [-0.39, 0.29) is 11.9 Å². The average molecular weight is 339 g/mol. The van der Waals surface area contributed by atoms with Gasteiger partial charge >= 0.3 is 0 Å². The monoisotopic (exact) mass is 338 g/mol. The molecule has 3 heterocycles. The molecule has 0 bridgehead atoms. The maximum atomic E-state index is 12.7. The Kier molecular flexibility index (Phi) is 4.49. The van der Waals surface area contributed by atoms with Gasteiger partial charge in [-0.1, -0.05) is 25.4 Å². The van der Waals surface area contributed by atoms with Crippen LogP contribution in [0.15, 0.2) is 18.5 Å². The van der Waals surface area contributed by atoms with Crippen LogP contribution in [0.4, 0.5) is 0 Å². The molecule has 1 aliphatic rings. The lowest BCUT2D eigenvalue weighted by atomic mass is 10.2. The first-order valence-corrected chi connectivity index (χ1v) is 8.69. The molecule has 1 aliphatic heterocycles. The van der Waals surface area contributed by atoms with Crippen molar-refractivity contribution < 1.29 is 4.79 Å². The van der Waals surface area contributed by atoms with Crippen LogP contribution in [0.3, 0.4) is 0 Å². The third kappa shape index (κ3) is 3.03. The topological polar surface area (TPSA) is 51.0 Å². The molecule has 22 heavy (non-hydrogen) atoms. The van der Waals surface area contributed by atoms with Gasteiger partial charge < -0.3 is 9.47 Å². The summed E-state index contributed by atoms with van der Waals surface area (Å²) in [6.45, 7) is 5.95.